The number of para-hydroxylation sites is 1. The highest BCUT2D eigenvalue weighted by atomic mass is 16.5. The van der Waals surface area contributed by atoms with Crippen LogP contribution < -0.4 is 15.0 Å². The van der Waals surface area contributed by atoms with E-state index in [4.69, 9.17) is 10.00 Å². The molecule has 0 spiro atoms. The zero-order valence-electron chi connectivity index (χ0n) is 17.8. The van der Waals surface area contributed by atoms with E-state index in [0.29, 0.717) is 5.75 Å². The second-order valence-corrected chi connectivity index (χ2v) is 8.85. The summed E-state index contributed by atoms with van der Waals surface area (Å²) in [5.74, 6) is 2.60. The summed E-state index contributed by atoms with van der Waals surface area (Å²) in [6, 6.07) is 18.5. The van der Waals surface area contributed by atoms with E-state index in [0.717, 1.165) is 49.7 Å². The van der Waals surface area contributed by atoms with E-state index in [1.165, 1.54) is 31.4 Å². The van der Waals surface area contributed by atoms with Crippen molar-refractivity contribution < 1.29 is 4.74 Å². The lowest BCUT2D eigenvalue weighted by atomic mass is 9.93. The van der Waals surface area contributed by atoms with E-state index >= 15 is 0 Å². The number of hydrogen-bond acceptors (Lipinski definition) is 5. The molecular formula is C25H29N5O. The fraction of sp³-hybridized carbons (Fsp3) is 0.440. The van der Waals surface area contributed by atoms with Gasteiger partial charge >= 0.3 is 6.02 Å². The smallest absolute Gasteiger partial charge is 0.309 e. The molecule has 3 fully saturated rings. The van der Waals surface area contributed by atoms with Gasteiger partial charge in [0, 0.05) is 37.9 Å². The van der Waals surface area contributed by atoms with Crippen LogP contribution in [0, 0.1) is 23.3 Å². The Morgan fingerprint density at radius 3 is 2.39 bits per heavy atom. The van der Waals surface area contributed by atoms with Crippen molar-refractivity contribution in [1.82, 2.24) is 10.2 Å². The fourth-order valence-electron chi connectivity index (χ4n) is 5.55. The number of nitriles is 1. The van der Waals surface area contributed by atoms with Crippen molar-refractivity contribution in [3.05, 3.63) is 54.6 Å². The molecule has 2 aromatic carbocycles. The van der Waals surface area contributed by atoms with Crippen LogP contribution in [0.5, 0.6) is 5.75 Å². The van der Waals surface area contributed by atoms with Gasteiger partial charge in [0.2, 0.25) is 0 Å². The molecule has 1 saturated heterocycles. The molecule has 0 radical (unpaired) electrons. The van der Waals surface area contributed by atoms with Crippen molar-refractivity contribution in [2.24, 2.45) is 16.8 Å². The quantitative estimate of drug-likeness (QED) is 0.352. The lowest BCUT2D eigenvalue weighted by Crippen LogP contribution is -2.51. The van der Waals surface area contributed by atoms with Gasteiger partial charge in [0.05, 0.1) is 5.69 Å². The Morgan fingerprint density at radius 1 is 0.968 bits per heavy atom. The average Bonchev–Trinajstić information content (AvgIpc) is 3.45. The van der Waals surface area contributed by atoms with Crippen molar-refractivity contribution in [1.29, 1.82) is 5.26 Å². The van der Waals surface area contributed by atoms with Gasteiger partial charge in [-0.1, -0.05) is 24.6 Å². The normalized spacial score (nSPS) is 26.0. The summed E-state index contributed by atoms with van der Waals surface area (Å²) in [6.45, 7) is 4.48. The molecule has 6 nitrogen and oxygen atoms in total. The molecule has 2 saturated carbocycles. The highest BCUT2D eigenvalue weighted by molar-refractivity contribution is 5.80. The molecule has 2 aromatic rings. The summed E-state index contributed by atoms with van der Waals surface area (Å²) in [4.78, 5) is 9.66. The molecule has 5 rings (SSSR count). The van der Waals surface area contributed by atoms with E-state index in [-0.39, 0.29) is 6.02 Å². The number of amidine groups is 1. The van der Waals surface area contributed by atoms with Crippen LogP contribution in [0.2, 0.25) is 0 Å². The minimum absolute atomic E-state index is 0.168. The predicted octanol–water partition coefficient (Wildman–Crippen LogP) is 4.13. The first kappa shape index (κ1) is 19.9. The lowest BCUT2D eigenvalue weighted by molar-refractivity contribution is 0.135. The van der Waals surface area contributed by atoms with Gasteiger partial charge in [-0.25, -0.2) is 5.32 Å². The molecule has 6 heteroatoms. The van der Waals surface area contributed by atoms with Crippen LogP contribution in [-0.4, -0.2) is 43.1 Å². The molecule has 2 bridgehead atoms. The first-order chi connectivity index (χ1) is 15.3. The van der Waals surface area contributed by atoms with Crippen LogP contribution in [0.3, 0.4) is 0 Å². The maximum Gasteiger partial charge on any atom is 0.309 e. The molecular weight excluding hydrogens is 386 g/mol. The predicted molar refractivity (Wildman–Crippen MR) is 122 cm³/mol. The zero-order chi connectivity index (χ0) is 21.0. The number of fused-ring (bicyclic) bond motifs is 2. The number of nitrogens with one attached hydrogen (secondary N) is 1. The highest BCUT2D eigenvalue weighted by Crippen LogP contribution is 2.46. The van der Waals surface area contributed by atoms with Gasteiger partial charge in [0.15, 0.2) is 6.19 Å². The van der Waals surface area contributed by atoms with Gasteiger partial charge in [-0.2, -0.15) is 10.3 Å². The van der Waals surface area contributed by atoms with E-state index < -0.39 is 0 Å². The highest BCUT2D eigenvalue weighted by Gasteiger charge is 2.42. The van der Waals surface area contributed by atoms with Gasteiger partial charge in [-0.3, -0.25) is 4.90 Å². The molecule has 2 aliphatic carbocycles. The van der Waals surface area contributed by atoms with Gasteiger partial charge in [0.25, 0.3) is 0 Å². The summed E-state index contributed by atoms with van der Waals surface area (Å²) in [7, 11) is 0. The Morgan fingerprint density at radius 2 is 1.74 bits per heavy atom. The van der Waals surface area contributed by atoms with E-state index in [1.54, 1.807) is 0 Å². The SMILES string of the molecule is N#CNC(=Nc1ccc(N2CCN([C@H]3C[C@@H]4CCC3C4)CC2)cc1)Oc1ccccc1. The number of aliphatic imine (C=N–C) groups is 1. The Hall–Kier alpha value is -3.04. The second kappa shape index (κ2) is 8.99. The van der Waals surface area contributed by atoms with Gasteiger partial charge in [-0.15, -0.1) is 0 Å². The largest absolute Gasteiger partial charge is 0.425 e. The summed E-state index contributed by atoms with van der Waals surface area (Å²) in [5, 5.41) is 11.5. The lowest BCUT2D eigenvalue weighted by Gasteiger charge is -2.41. The Labute approximate surface area is 184 Å². The Bertz CT molecular complexity index is 944. The zero-order valence-corrected chi connectivity index (χ0v) is 17.8. The molecule has 160 valence electrons. The maximum atomic E-state index is 9.01. The van der Waals surface area contributed by atoms with Crippen molar-refractivity contribution in [2.75, 3.05) is 31.1 Å². The summed E-state index contributed by atoms with van der Waals surface area (Å²) in [6.07, 6.45) is 7.72. The van der Waals surface area contributed by atoms with Gasteiger partial charge < -0.3 is 9.64 Å². The number of rotatable bonds is 4. The van der Waals surface area contributed by atoms with Crippen molar-refractivity contribution in [3.8, 4) is 11.9 Å². The van der Waals surface area contributed by atoms with E-state index in [2.05, 4.69) is 32.2 Å². The topological polar surface area (TPSA) is 63.9 Å². The van der Waals surface area contributed by atoms with Crippen LogP contribution >= 0.6 is 0 Å². The molecule has 31 heavy (non-hydrogen) atoms. The first-order valence-electron chi connectivity index (χ1n) is 11.3. The van der Waals surface area contributed by atoms with Crippen molar-refractivity contribution in [2.45, 2.75) is 31.7 Å². The number of benzene rings is 2. The van der Waals surface area contributed by atoms with Crippen LogP contribution in [0.1, 0.15) is 25.7 Å². The number of nitrogens with zero attached hydrogens (tertiary/aromatic N) is 4. The van der Waals surface area contributed by atoms with Crippen molar-refractivity contribution in [3.63, 3.8) is 0 Å². The average molecular weight is 416 g/mol. The minimum atomic E-state index is 0.168. The van der Waals surface area contributed by atoms with Crippen LogP contribution in [0.4, 0.5) is 11.4 Å². The summed E-state index contributed by atoms with van der Waals surface area (Å²) >= 11 is 0. The van der Waals surface area contributed by atoms with E-state index in [9.17, 15) is 0 Å². The van der Waals surface area contributed by atoms with Gasteiger partial charge in [-0.05, 0) is 67.5 Å². The number of hydrogen-bond donors (Lipinski definition) is 1. The minimum Gasteiger partial charge on any atom is -0.425 e. The molecule has 3 aliphatic rings. The third-order valence-corrected chi connectivity index (χ3v) is 7.05. The van der Waals surface area contributed by atoms with E-state index in [1.807, 2.05) is 48.7 Å². The third kappa shape index (κ3) is 4.52. The second-order valence-electron chi connectivity index (χ2n) is 8.85. The maximum absolute atomic E-state index is 9.01. The van der Waals surface area contributed by atoms with Crippen molar-refractivity contribution >= 4 is 17.4 Å². The Kier molecular flexibility index (Phi) is 5.77. The molecule has 1 heterocycles. The number of piperazine rings is 1. The molecule has 3 atom stereocenters. The standard InChI is InChI=1S/C25H29N5O/c26-18-27-25(31-23-4-2-1-3-5-23)28-21-8-10-22(11-9-21)29-12-14-30(15-13-29)24-17-19-6-7-20(24)16-19/h1-5,8-11,19-20,24H,6-7,12-17H2,(H,27,28)/t19-,20?,24+/m1/s1. The summed E-state index contributed by atoms with van der Waals surface area (Å²) < 4.78 is 5.69. The third-order valence-electron chi connectivity index (χ3n) is 7.05. The monoisotopic (exact) mass is 415 g/mol. The molecule has 0 amide bonds. The molecule has 0 aromatic heterocycles. The molecule has 1 N–H and O–H groups in total. The van der Waals surface area contributed by atoms with Crippen LogP contribution in [0.25, 0.3) is 0 Å². The van der Waals surface area contributed by atoms with Gasteiger partial charge in [0.1, 0.15) is 5.75 Å². The summed E-state index contributed by atoms with van der Waals surface area (Å²) in [5.41, 5.74) is 1.98. The number of ether oxygens (including phenoxy) is 1. The molecule has 1 unspecified atom stereocenters. The van der Waals surface area contributed by atoms with Crippen LogP contribution in [-0.2, 0) is 0 Å². The first-order valence-corrected chi connectivity index (χ1v) is 11.3. The van der Waals surface area contributed by atoms with Crippen LogP contribution in [0.15, 0.2) is 59.6 Å². The molecule has 1 aliphatic heterocycles. The fourth-order valence-corrected chi connectivity index (χ4v) is 5.55. The Balaban J connectivity index is 1.20. The number of anilines is 1.